The minimum Gasteiger partial charge on any atom is -0.396 e. The van der Waals surface area contributed by atoms with Crippen LogP contribution in [-0.2, 0) is 27.4 Å². The predicted octanol–water partition coefficient (Wildman–Crippen LogP) is -3.01. The van der Waals surface area contributed by atoms with Gasteiger partial charge in [-0.25, -0.2) is 0 Å². The molecule has 1 saturated carbocycles. The lowest BCUT2D eigenvalue weighted by molar-refractivity contribution is -0.301. The van der Waals surface area contributed by atoms with Crippen molar-refractivity contribution >= 4 is 0 Å². The molecule has 8 unspecified atom stereocenters. The van der Waals surface area contributed by atoms with E-state index in [1.54, 1.807) is 10.9 Å². The Bertz CT molecular complexity index is 646. The molecule has 0 spiro atoms. The zero-order valence-corrected chi connectivity index (χ0v) is 16.6. The van der Waals surface area contributed by atoms with E-state index in [1.165, 1.54) is 0 Å². The number of aliphatic hydroxyl groups excluding tert-OH is 6. The van der Waals surface area contributed by atoms with Crippen LogP contribution in [0.15, 0.2) is 6.20 Å². The molecule has 0 radical (unpaired) electrons. The molecule has 0 aromatic carbocycles. The van der Waals surface area contributed by atoms with Crippen LogP contribution in [0.4, 0.5) is 0 Å². The molecule has 8 atom stereocenters. The molecule has 1 aliphatic heterocycles. The minimum absolute atomic E-state index is 0.0231. The first-order valence-electron chi connectivity index (χ1n) is 10.1. The van der Waals surface area contributed by atoms with Crippen molar-refractivity contribution < 1.29 is 44.8 Å². The number of hydrogen-bond donors (Lipinski definition) is 6. The molecule has 12 heteroatoms. The van der Waals surface area contributed by atoms with Crippen molar-refractivity contribution in [2.24, 2.45) is 11.8 Å². The van der Waals surface area contributed by atoms with Gasteiger partial charge in [0.05, 0.1) is 32.1 Å². The van der Waals surface area contributed by atoms with Gasteiger partial charge in [-0.1, -0.05) is 5.21 Å². The Morgan fingerprint density at radius 3 is 2.57 bits per heavy atom. The van der Waals surface area contributed by atoms with Crippen LogP contribution in [0.3, 0.4) is 0 Å². The van der Waals surface area contributed by atoms with Crippen LogP contribution in [0.5, 0.6) is 0 Å². The first-order chi connectivity index (χ1) is 14.4. The third-order valence-electron chi connectivity index (χ3n) is 5.68. The summed E-state index contributed by atoms with van der Waals surface area (Å²) in [6.07, 6.45) is -4.03. The fourth-order valence-corrected chi connectivity index (χ4v) is 3.71. The highest BCUT2D eigenvalue weighted by molar-refractivity contribution is 4.93. The van der Waals surface area contributed by atoms with Crippen molar-refractivity contribution in [2.75, 3.05) is 26.4 Å². The van der Waals surface area contributed by atoms with Crippen molar-refractivity contribution in [3.8, 4) is 0 Å². The second-order valence-electron chi connectivity index (χ2n) is 7.82. The van der Waals surface area contributed by atoms with Crippen molar-refractivity contribution in [3.05, 3.63) is 11.9 Å². The maximum atomic E-state index is 9.89. The van der Waals surface area contributed by atoms with E-state index in [0.29, 0.717) is 31.7 Å². The minimum atomic E-state index is -1.46. The van der Waals surface area contributed by atoms with E-state index in [4.69, 9.17) is 19.3 Å². The van der Waals surface area contributed by atoms with Crippen molar-refractivity contribution in [3.63, 3.8) is 0 Å². The average Bonchev–Trinajstić information content (AvgIpc) is 3.20. The molecule has 2 aliphatic rings. The van der Waals surface area contributed by atoms with Gasteiger partial charge in [-0.15, -0.1) is 5.10 Å². The first-order valence-corrected chi connectivity index (χ1v) is 10.1. The van der Waals surface area contributed by atoms with Crippen LogP contribution in [0.25, 0.3) is 0 Å². The van der Waals surface area contributed by atoms with E-state index in [0.717, 1.165) is 0 Å². The zero-order chi connectivity index (χ0) is 21.7. The number of ether oxygens (including phenoxy) is 3. The maximum absolute atomic E-state index is 9.89. The largest absolute Gasteiger partial charge is 0.396 e. The SMILES string of the molecule is OCC1CC(O)C1Cn1cc(COCCCOC2OC(CO)C(O)C(O)C2O)nn1. The van der Waals surface area contributed by atoms with Gasteiger partial charge in [-0.3, -0.25) is 4.68 Å². The molecule has 0 amide bonds. The van der Waals surface area contributed by atoms with Gasteiger partial charge in [0.2, 0.25) is 0 Å². The Kier molecular flexibility index (Phi) is 8.51. The molecule has 0 bridgehead atoms. The lowest BCUT2D eigenvalue weighted by Crippen LogP contribution is -2.59. The lowest BCUT2D eigenvalue weighted by atomic mass is 9.71. The molecule has 6 N–H and O–H groups in total. The summed E-state index contributed by atoms with van der Waals surface area (Å²) in [5, 5.41) is 65.6. The summed E-state index contributed by atoms with van der Waals surface area (Å²) in [6.45, 7) is 0.811. The summed E-state index contributed by atoms with van der Waals surface area (Å²) in [7, 11) is 0. The summed E-state index contributed by atoms with van der Waals surface area (Å²) in [6, 6.07) is 0. The second-order valence-corrected chi connectivity index (χ2v) is 7.82. The summed E-state index contributed by atoms with van der Waals surface area (Å²) in [5.41, 5.74) is 0.638. The Balaban J connectivity index is 1.31. The van der Waals surface area contributed by atoms with E-state index < -0.39 is 43.4 Å². The molecule has 3 rings (SSSR count). The topological polar surface area (TPSA) is 180 Å². The van der Waals surface area contributed by atoms with E-state index in [1.807, 2.05) is 0 Å². The van der Waals surface area contributed by atoms with Crippen molar-refractivity contribution in [2.45, 2.75) is 62.8 Å². The van der Waals surface area contributed by atoms with Gasteiger partial charge in [0.1, 0.15) is 30.1 Å². The molecular formula is C18H31N3O9. The van der Waals surface area contributed by atoms with E-state index in [9.17, 15) is 25.5 Å². The van der Waals surface area contributed by atoms with E-state index in [-0.39, 0.29) is 31.7 Å². The van der Waals surface area contributed by atoms with Gasteiger partial charge in [0.25, 0.3) is 0 Å². The third-order valence-corrected chi connectivity index (χ3v) is 5.68. The number of aliphatic hydroxyl groups is 6. The van der Waals surface area contributed by atoms with Crippen LogP contribution in [0.1, 0.15) is 18.5 Å². The van der Waals surface area contributed by atoms with Crippen molar-refractivity contribution in [1.82, 2.24) is 15.0 Å². The Morgan fingerprint density at radius 2 is 1.87 bits per heavy atom. The molecule has 12 nitrogen and oxygen atoms in total. The van der Waals surface area contributed by atoms with Crippen LogP contribution >= 0.6 is 0 Å². The van der Waals surface area contributed by atoms with Gasteiger partial charge >= 0.3 is 0 Å². The summed E-state index contributed by atoms with van der Waals surface area (Å²) < 4.78 is 17.8. The fourth-order valence-electron chi connectivity index (χ4n) is 3.71. The highest BCUT2D eigenvalue weighted by Crippen LogP contribution is 2.35. The Labute approximate surface area is 173 Å². The lowest BCUT2D eigenvalue weighted by Gasteiger charge is -2.40. The smallest absolute Gasteiger partial charge is 0.186 e. The van der Waals surface area contributed by atoms with Crippen LogP contribution in [-0.4, -0.2) is 109 Å². The fraction of sp³-hybridized carbons (Fsp3) is 0.889. The molecule has 30 heavy (non-hydrogen) atoms. The number of rotatable bonds is 11. The molecule has 1 aromatic rings. The molecule has 2 fully saturated rings. The maximum Gasteiger partial charge on any atom is 0.186 e. The van der Waals surface area contributed by atoms with Crippen molar-refractivity contribution in [1.29, 1.82) is 0 Å². The van der Waals surface area contributed by atoms with Gasteiger partial charge in [0, 0.05) is 25.7 Å². The molecular weight excluding hydrogens is 402 g/mol. The first kappa shape index (κ1) is 23.4. The summed E-state index contributed by atoms with van der Waals surface area (Å²) >= 11 is 0. The molecule has 1 aromatic heterocycles. The predicted molar refractivity (Wildman–Crippen MR) is 98.7 cm³/mol. The van der Waals surface area contributed by atoms with Gasteiger partial charge in [0.15, 0.2) is 6.29 Å². The third kappa shape index (κ3) is 5.52. The normalized spacial score (nSPS) is 36.6. The molecule has 1 aliphatic carbocycles. The average molecular weight is 433 g/mol. The number of nitrogens with zero attached hydrogens (tertiary/aromatic N) is 3. The van der Waals surface area contributed by atoms with Crippen LogP contribution < -0.4 is 0 Å². The Hall–Kier alpha value is -1.22. The quantitative estimate of drug-likeness (QED) is 0.196. The molecule has 2 heterocycles. The van der Waals surface area contributed by atoms with Gasteiger partial charge < -0.3 is 44.8 Å². The van der Waals surface area contributed by atoms with E-state index in [2.05, 4.69) is 10.3 Å². The number of hydrogen-bond acceptors (Lipinski definition) is 11. The highest BCUT2D eigenvalue weighted by Gasteiger charge is 2.44. The van der Waals surface area contributed by atoms with E-state index >= 15 is 0 Å². The highest BCUT2D eigenvalue weighted by atomic mass is 16.7. The Morgan fingerprint density at radius 1 is 1.07 bits per heavy atom. The second kappa shape index (κ2) is 10.9. The van der Waals surface area contributed by atoms with Gasteiger partial charge in [-0.2, -0.15) is 0 Å². The number of aromatic nitrogens is 3. The zero-order valence-electron chi connectivity index (χ0n) is 16.6. The molecule has 1 saturated heterocycles. The van der Waals surface area contributed by atoms with Gasteiger partial charge in [-0.05, 0) is 18.8 Å². The monoisotopic (exact) mass is 433 g/mol. The summed E-state index contributed by atoms with van der Waals surface area (Å²) in [4.78, 5) is 0. The standard InChI is InChI=1S/C18H31N3O9/c22-7-10-4-13(24)12(10)6-21-5-11(19-20-21)9-28-2-1-3-29-18-17(27)16(26)15(25)14(8-23)30-18/h5,10,12-18,22-27H,1-4,6-9H2. The molecule has 172 valence electrons. The summed E-state index contributed by atoms with van der Waals surface area (Å²) in [5.74, 6) is 0.0673. The van der Waals surface area contributed by atoms with Crippen LogP contribution in [0, 0.1) is 11.8 Å². The van der Waals surface area contributed by atoms with Crippen LogP contribution in [0.2, 0.25) is 0 Å².